The Kier molecular flexibility index (Phi) is 4.19. The van der Waals surface area contributed by atoms with Crippen molar-refractivity contribution in [2.24, 2.45) is 0 Å². The van der Waals surface area contributed by atoms with Crippen LogP contribution in [0.1, 0.15) is 21.9 Å². The summed E-state index contributed by atoms with van der Waals surface area (Å²) in [5.74, 6) is 1.37. The van der Waals surface area contributed by atoms with Gasteiger partial charge in [0.25, 0.3) is 5.91 Å². The predicted octanol–water partition coefficient (Wildman–Crippen LogP) is 4.13. The lowest BCUT2D eigenvalue weighted by Crippen LogP contribution is -2.23. The highest BCUT2D eigenvalue weighted by molar-refractivity contribution is 6.07. The molecule has 0 saturated carbocycles. The Balaban J connectivity index is 1.71. The fourth-order valence-corrected chi connectivity index (χ4v) is 2.85. The smallest absolute Gasteiger partial charge is 0.252 e. The summed E-state index contributed by atoms with van der Waals surface area (Å²) in [6, 6.07) is 18.8. The second kappa shape index (κ2) is 6.80. The number of para-hydroxylation sites is 1. The van der Waals surface area contributed by atoms with Gasteiger partial charge in [0.1, 0.15) is 11.5 Å². The number of hydrogen-bond donors (Lipinski definition) is 1. The number of fused-ring (bicyclic) bond motifs is 1. The van der Waals surface area contributed by atoms with Gasteiger partial charge in [-0.05, 0) is 43.3 Å². The van der Waals surface area contributed by atoms with Crippen molar-refractivity contribution in [3.05, 3.63) is 83.9 Å². The van der Waals surface area contributed by atoms with Crippen LogP contribution in [-0.4, -0.2) is 15.9 Å². The summed E-state index contributed by atoms with van der Waals surface area (Å²) in [7, 11) is 0. The maximum atomic E-state index is 12.8. The molecule has 3 aromatic heterocycles. The zero-order chi connectivity index (χ0) is 17.9. The Labute approximate surface area is 150 Å². The molecule has 4 rings (SSSR count). The van der Waals surface area contributed by atoms with Crippen molar-refractivity contribution < 1.29 is 9.21 Å². The molecule has 0 fully saturated rings. The van der Waals surface area contributed by atoms with Gasteiger partial charge in [-0.25, -0.2) is 4.98 Å². The standard InChI is InChI=1S/C21H17N3O2/c1-14-9-10-15(26-14)13-23-21(25)17-12-20(19-8-4-5-11-22-19)24-18-7-3-2-6-16(17)18/h2-12H,13H2,1H3,(H,23,25). The van der Waals surface area contributed by atoms with Gasteiger partial charge in [-0.3, -0.25) is 9.78 Å². The number of carbonyl (C=O) groups is 1. The number of pyridine rings is 2. The van der Waals surface area contributed by atoms with Crippen molar-refractivity contribution in [2.45, 2.75) is 13.5 Å². The highest BCUT2D eigenvalue weighted by Crippen LogP contribution is 2.23. The van der Waals surface area contributed by atoms with E-state index in [9.17, 15) is 4.79 Å². The van der Waals surface area contributed by atoms with Gasteiger partial charge in [-0.1, -0.05) is 24.3 Å². The number of carbonyl (C=O) groups excluding carboxylic acids is 1. The molecule has 0 atom stereocenters. The summed E-state index contributed by atoms with van der Waals surface area (Å²) in [5.41, 5.74) is 2.73. The zero-order valence-corrected chi connectivity index (χ0v) is 14.3. The third kappa shape index (κ3) is 3.19. The first-order chi connectivity index (χ1) is 12.7. The van der Waals surface area contributed by atoms with E-state index in [1.807, 2.05) is 61.5 Å². The average molecular weight is 343 g/mol. The van der Waals surface area contributed by atoms with E-state index < -0.39 is 0 Å². The number of nitrogens with one attached hydrogen (secondary N) is 1. The summed E-state index contributed by atoms with van der Waals surface area (Å²) in [4.78, 5) is 21.8. The van der Waals surface area contributed by atoms with E-state index in [1.54, 1.807) is 12.3 Å². The summed E-state index contributed by atoms with van der Waals surface area (Å²) in [5, 5.41) is 3.72. The number of rotatable bonds is 4. The first kappa shape index (κ1) is 16.0. The lowest BCUT2D eigenvalue weighted by atomic mass is 10.1. The Hall–Kier alpha value is -3.47. The van der Waals surface area contributed by atoms with E-state index in [1.165, 1.54) is 0 Å². The molecule has 128 valence electrons. The second-order valence-electron chi connectivity index (χ2n) is 5.98. The van der Waals surface area contributed by atoms with E-state index >= 15 is 0 Å². The molecule has 1 aromatic carbocycles. The van der Waals surface area contributed by atoms with Crippen LogP contribution in [0.2, 0.25) is 0 Å². The number of nitrogens with zero attached hydrogens (tertiary/aromatic N) is 2. The molecule has 5 nitrogen and oxygen atoms in total. The maximum Gasteiger partial charge on any atom is 0.252 e. The van der Waals surface area contributed by atoms with Crippen LogP contribution in [-0.2, 0) is 6.54 Å². The van der Waals surface area contributed by atoms with E-state index in [0.717, 1.165) is 28.1 Å². The second-order valence-corrected chi connectivity index (χ2v) is 5.98. The van der Waals surface area contributed by atoms with Gasteiger partial charge in [0.05, 0.1) is 29.0 Å². The highest BCUT2D eigenvalue weighted by Gasteiger charge is 2.14. The summed E-state index contributed by atoms with van der Waals surface area (Å²) < 4.78 is 5.51. The first-order valence-corrected chi connectivity index (χ1v) is 8.35. The van der Waals surface area contributed by atoms with Crippen LogP contribution in [0.3, 0.4) is 0 Å². The predicted molar refractivity (Wildman–Crippen MR) is 99.6 cm³/mol. The van der Waals surface area contributed by atoms with Crippen LogP contribution >= 0.6 is 0 Å². The van der Waals surface area contributed by atoms with Crippen LogP contribution in [0.4, 0.5) is 0 Å². The molecule has 1 N–H and O–H groups in total. The van der Waals surface area contributed by atoms with Crippen molar-refractivity contribution >= 4 is 16.8 Å². The minimum atomic E-state index is -0.171. The van der Waals surface area contributed by atoms with Crippen molar-refractivity contribution in [3.8, 4) is 11.4 Å². The van der Waals surface area contributed by atoms with Gasteiger partial charge in [0.2, 0.25) is 0 Å². The van der Waals surface area contributed by atoms with Crippen LogP contribution in [0.25, 0.3) is 22.3 Å². The lowest BCUT2D eigenvalue weighted by molar-refractivity contribution is 0.0949. The van der Waals surface area contributed by atoms with E-state index in [-0.39, 0.29) is 5.91 Å². The molecule has 3 heterocycles. The Morgan fingerprint density at radius 3 is 2.65 bits per heavy atom. The largest absolute Gasteiger partial charge is 0.465 e. The zero-order valence-electron chi connectivity index (χ0n) is 14.3. The monoisotopic (exact) mass is 343 g/mol. The Morgan fingerprint density at radius 2 is 1.88 bits per heavy atom. The molecule has 4 aromatic rings. The summed E-state index contributed by atoms with van der Waals surface area (Å²) in [6.45, 7) is 2.21. The number of aromatic nitrogens is 2. The van der Waals surface area contributed by atoms with Gasteiger partial charge in [0.15, 0.2) is 0 Å². The highest BCUT2D eigenvalue weighted by atomic mass is 16.3. The fourth-order valence-electron chi connectivity index (χ4n) is 2.85. The molecular formula is C21H17N3O2. The number of furan rings is 1. The topological polar surface area (TPSA) is 68.0 Å². The maximum absolute atomic E-state index is 12.8. The van der Waals surface area contributed by atoms with Crippen LogP contribution in [0, 0.1) is 6.92 Å². The van der Waals surface area contributed by atoms with Gasteiger partial charge in [0, 0.05) is 11.6 Å². The van der Waals surface area contributed by atoms with Crippen molar-refractivity contribution in [3.63, 3.8) is 0 Å². The molecule has 0 unspecified atom stereocenters. The molecule has 0 spiro atoms. The minimum Gasteiger partial charge on any atom is -0.465 e. The molecule has 0 aliphatic heterocycles. The Bertz CT molecular complexity index is 1070. The third-order valence-electron chi connectivity index (χ3n) is 4.11. The molecule has 0 aliphatic rings. The normalized spacial score (nSPS) is 10.8. The number of benzene rings is 1. The summed E-state index contributed by atoms with van der Waals surface area (Å²) >= 11 is 0. The van der Waals surface area contributed by atoms with Crippen molar-refractivity contribution in [1.82, 2.24) is 15.3 Å². The first-order valence-electron chi connectivity index (χ1n) is 8.35. The van der Waals surface area contributed by atoms with Gasteiger partial charge in [-0.15, -0.1) is 0 Å². The van der Waals surface area contributed by atoms with E-state index in [2.05, 4.69) is 15.3 Å². The van der Waals surface area contributed by atoms with Crippen LogP contribution < -0.4 is 5.32 Å². The molecular weight excluding hydrogens is 326 g/mol. The number of hydrogen-bond acceptors (Lipinski definition) is 4. The van der Waals surface area contributed by atoms with Gasteiger partial charge in [-0.2, -0.15) is 0 Å². The molecule has 0 saturated heterocycles. The minimum absolute atomic E-state index is 0.171. The van der Waals surface area contributed by atoms with Crippen LogP contribution in [0.5, 0.6) is 0 Å². The van der Waals surface area contributed by atoms with Crippen LogP contribution in [0.15, 0.2) is 71.3 Å². The molecule has 0 bridgehead atoms. The van der Waals surface area contributed by atoms with E-state index in [0.29, 0.717) is 17.8 Å². The molecule has 0 radical (unpaired) electrons. The summed E-state index contributed by atoms with van der Waals surface area (Å²) in [6.07, 6.45) is 1.71. The Morgan fingerprint density at radius 1 is 1.04 bits per heavy atom. The molecule has 5 heteroatoms. The SMILES string of the molecule is Cc1ccc(CNC(=O)c2cc(-c3ccccn3)nc3ccccc23)o1. The quantitative estimate of drug-likeness (QED) is 0.605. The number of amides is 1. The average Bonchev–Trinajstić information content (AvgIpc) is 3.11. The fraction of sp³-hybridized carbons (Fsp3) is 0.0952. The molecule has 26 heavy (non-hydrogen) atoms. The van der Waals surface area contributed by atoms with Gasteiger partial charge >= 0.3 is 0 Å². The van der Waals surface area contributed by atoms with E-state index in [4.69, 9.17) is 4.42 Å². The number of aryl methyl sites for hydroxylation is 1. The van der Waals surface area contributed by atoms with Crippen molar-refractivity contribution in [1.29, 1.82) is 0 Å². The lowest BCUT2D eigenvalue weighted by Gasteiger charge is -2.10. The third-order valence-corrected chi connectivity index (χ3v) is 4.11. The molecule has 1 amide bonds. The van der Waals surface area contributed by atoms with Crippen molar-refractivity contribution in [2.75, 3.05) is 0 Å². The molecule has 0 aliphatic carbocycles. The van der Waals surface area contributed by atoms with Gasteiger partial charge < -0.3 is 9.73 Å².